The topological polar surface area (TPSA) is 62.3 Å². The van der Waals surface area contributed by atoms with Crippen molar-refractivity contribution in [3.63, 3.8) is 0 Å². The summed E-state index contributed by atoms with van der Waals surface area (Å²) < 4.78 is 5.04. The number of ether oxygens (including phenoxy) is 1. The first-order valence-electron chi connectivity index (χ1n) is 6.18. The third-order valence-electron chi connectivity index (χ3n) is 3.25. The molecule has 2 N–H and O–H groups in total. The first kappa shape index (κ1) is 12.3. The first-order valence-corrected chi connectivity index (χ1v) is 6.18. The Bertz CT molecular complexity index is 836. The number of phenols is 1. The normalized spacial score (nSPS) is 10.7. The number of pyridine rings is 1. The number of hydrogen-bond acceptors (Lipinski definition) is 3. The van der Waals surface area contributed by atoms with Gasteiger partial charge in [0.1, 0.15) is 11.5 Å². The van der Waals surface area contributed by atoms with Crippen molar-refractivity contribution >= 4 is 10.9 Å². The fraction of sp³-hybridized carbons (Fsp3) is 0.0625. The van der Waals surface area contributed by atoms with Gasteiger partial charge in [0.05, 0.1) is 12.7 Å². The number of benzene rings is 2. The van der Waals surface area contributed by atoms with E-state index in [-0.39, 0.29) is 11.3 Å². The lowest BCUT2D eigenvalue weighted by atomic mass is 10.0. The van der Waals surface area contributed by atoms with E-state index in [0.29, 0.717) is 16.9 Å². The van der Waals surface area contributed by atoms with Crippen LogP contribution < -0.4 is 10.3 Å². The van der Waals surface area contributed by atoms with E-state index < -0.39 is 0 Å². The van der Waals surface area contributed by atoms with E-state index in [1.54, 1.807) is 18.2 Å². The number of nitrogens with one attached hydrogen (secondary N) is 1. The van der Waals surface area contributed by atoms with E-state index in [4.69, 9.17) is 4.74 Å². The Labute approximate surface area is 115 Å². The summed E-state index contributed by atoms with van der Waals surface area (Å²) in [5, 5.41) is 11.0. The predicted octanol–water partition coefficient (Wildman–Crippen LogP) is 2.91. The Hall–Kier alpha value is -2.75. The van der Waals surface area contributed by atoms with E-state index in [9.17, 15) is 9.90 Å². The minimum atomic E-state index is -0.232. The molecule has 0 atom stereocenters. The fourth-order valence-electron chi connectivity index (χ4n) is 2.21. The number of H-pyrrole nitrogens is 1. The Kier molecular flexibility index (Phi) is 2.91. The molecule has 3 aromatic rings. The summed E-state index contributed by atoms with van der Waals surface area (Å²) in [6.45, 7) is 0. The van der Waals surface area contributed by atoms with Gasteiger partial charge in [-0.3, -0.25) is 4.79 Å². The second-order valence-electron chi connectivity index (χ2n) is 4.48. The zero-order valence-electron chi connectivity index (χ0n) is 10.9. The van der Waals surface area contributed by atoms with Crippen LogP contribution in [0.4, 0.5) is 0 Å². The van der Waals surface area contributed by atoms with Crippen molar-refractivity contribution in [1.82, 2.24) is 4.98 Å². The molecule has 0 saturated heterocycles. The highest BCUT2D eigenvalue weighted by Gasteiger charge is 2.10. The van der Waals surface area contributed by atoms with Gasteiger partial charge in [-0.1, -0.05) is 18.2 Å². The van der Waals surface area contributed by atoms with E-state index in [1.807, 2.05) is 24.3 Å². The molecule has 100 valence electrons. The molecule has 0 spiro atoms. The number of methoxy groups -OCH3 is 1. The van der Waals surface area contributed by atoms with Gasteiger partial charge in [0.25, 0.3) is 5.56 Å². The number of aromatic amines is 1. The number of para-hydroxylation sites is 1. The molecule has 0 bridgehead atoms. The summed E-state index contributed by atoms with van der Waals surface area (Å²) in [6, 6.07) is 14.2. The molecule has 1 heterocycles. The highest BCUT2D eigenvalue weighted by atomic mass is 16.5. The predicted molar refractivity (Wildman–Crippen MR) is 78.2 cm³/mol. The molecule has 0 aliphatic rings. The average Bonchev–Trinajstić information content (AvgIpc) is 2.46. The van der Waals surface area contributed by atoms with Crippen molar-refractivity contribution in [3.8, 4) is 22.6 Å². The molecule has 0 amide bonds. The molecule has 4 heteroatoms. The molecule has 0 aliphatic carbocycles. The molecule has 0 fully saturated rings. The van der Waals surface area contributed by atoms with Crippen LogP contribution in [0.1, 0.15) is 0 Å². The molecule has 4 nitrogen and oxygen atoms in total. The lowest BCUT2D eigenvalue weighted by molar-refractivity contribution is 0.408. The lowest BCUT2D eigenvalue weighted by Crippen LogP contribution is -2.08. The largest absolute Gasteiger partial charge is 0.507 e. The van der Waals surface area contributed by atoms with Gasteiger partial charge < -0.3 is 14.8 Å². The third kappa shape index (κ3) is 2.01. The molecule has 20 heavy (non-hydrogen) atoms. The molecule has 2 aromatic carbocycles. The minimum absolute atomic E-state index is 0.0186. The second kappa shape index (κ2) is 4.74. The van der Waals surface area contributed by atoms with E-state index in [0.717, 1.165) is 10.9 Å². The van der Waals surface area contributed by atoms with Crippen molar-refractivity contribution in [2.45, 2.75) is 0 Å². The summed E-state index contributed by atoms with van der Waals surface area (Å²) in [5.74, 6) is 0.564. The number of aromatic nitrogens is 1. The summed E-state index contributed by atoms with van der Waals surface area (Å²) in [4.78, 5) is 15.0. The van der Waals surface area contributed by atoms with Gasteiger partial charge in [0, 0.05) is 17.1 Å². The second-order valence-corrected chi connectivity index (χ2v) is 4.48. The molecule has 0 aliphatic heterocycles. The van der Waals surface area contributed by atoms with Gasteiger partial charge in [0.15, 0.2) is 0 Å². The zero-order valence-corrected chi connectivity index (χ0v) is 10.9. The Morgan fingerprint density at radius 1 is 1.05 bits per heavy atom. The maximum Gasteiger partial charge on any atom is 0.256 e. The molecule has 0 unspecified atom stereocenters. The molecular formula is C16H13NO3. The Morgan fingerprint density at radius 3 is 2.60 bits per heavy atom. The third-order valence-corrected chi connectivity index (χ3v) is 3.25. The highest BCUT2D eigenvalue weighted by molar-refractivity contribution is 5.84. The van der Waals surface area contributed by atoms with Gasteiger partial charge in [-0.2, -0.15) is 0 Å². The molecule has 0 saturated carbocycles. The van der Waals surface area contributed by atoms with E-state index >= 15 is 0 Å². The number of rotatable bonds is 2. The van der Waals surface area contributed by atoms with Crippen molar-refractivity contribution in [1.29, 1.82) is 0 Å². The van der Waals surface area contributed by atoms with Gasteiger partial charge in [-0.15, -0.1) is 0 Å². The maximum atomic E-state index is 12.1. The zero-order chi connectivity index (χ0) is 14.1. The Balaban J connectivity index is 2.24. The van der Waals surface area contributed by atoms with Crippen LogP contribution in [0.25, 0.3) is 22.0 Å². The SMILES string of the molecule is COc1ccc(-c2cc3ccccc3[nH]c2=O)c(O)c1. The minimum Gasteiger partial charge on any atom is -0.507 e. The van der Waals surface area contributed by atoms with Crippen LogP contribution in [0.3, 0.4) is 0 Å². The smallest absolute Gasteiger partial charge is 0.256 e. The monoisotopic (exact) mass is 267 g/mol. The van der Waals surface area contributed by atoms with Gasteiger partial charge >= 0.3 is 0 Å². The quantitative estimate of drug-likeness (QED) is 0.750. The molecular weight excluding hydrogens is 254 g/mol. The molecule has 0 radical (unpaired) electrons. The summed E-state index contributed by atoms with van der Waals surface area (Å²) >= 11 is 0. The van der Waals surface area contributed by atoms with Crippen LogP contribution in [-0.4, -0.2) is 17.2 Å². The number of phenolic OH excluding ortho intramolecular Hbond substituents is 1. The van der Waals surface area contributed by atoms with Gasteiger partial charge in [0.2, 0.25) is 0 Å². The molecule has 3 rings (SSSR count). The van der Waals surface area contributed by atoms with E-state index in [1.165, 1.54) is 13.2 Å². The lowest BCUT2D eigenvalue weighted by Gasteiger charge is -2.07. The maximum absolute atomic E-state index is 12.1. The molecule has 1 aromatic heterocycles. The average molecular weight is 267 g/mol. The van der Waals surface area contributed by atoms with Crippen LogP contribution >= 0.6 is 0 Å². The Morgan fingerprint density at radius 2 is 1.85 bits per heavy atom. The van der Waals surface area contributed by atoms with E-state index in [2.05, 4.69) is 4.98 Å². The van der Waals surface area contributed by atoms with Crippen LogP contribution in [0.5, 0.6) is 11.5 Å². The first-order chi connectivity index (χ1) is 9.69. The van der Waals surface area contributed by atoms with Gasteiger partial charge in [-0.05, 0) is 29.7 Å². The van der Waals surface area contributed by atoms with Crippen LogP contribution in [0, 0.1) is 0 Å². The van der Waals surface area contributed by atoms with Crippen molar-refractivity contribution < 1.29 is 9.84 Å². The fourth-order valence-corrected chi connectivity index (χ4v) is 2.21. The highest BCUT2D eigenvalue weighted by Crippen LogP contribution is 2.31. The number of aromatic hydroxyl groups is 1. The summed E-state index contributed by atoms with van der Waals surface area (Å²) in [5.41, 5.74) is 1.46. The van der Waals surface area contributed by atoms with Crippen LogP contribution in [0.15, 0.2) is 53.3 Å². The summed E-state index contributed by atoms with van der Waals surface area (Å²) in [6.07, 6.45) is 0. The number of fused-ring (bicyclic) bond motifs is 1. The van der Waals surface area contributed by atoms with Crippen molar-refractivity contribution in [2.24, 2.45) is 0 Å². The number of hydrogen-bond donors (Lipinski definition) is 2. The van der Waals surface area contributed by atoms with Crippen molar-refractivity contribution in [3.05, 3.63) is 58.9 Å². The van der Waals surface area contributed by atoms with Crippen LogP contribution in [0.2, 0.25) is 0 Å². The van der Waals surface area contributed by atoms with Crippen molar-refractivity contribution in [2.75, 3.05) is 7.11 Å². The van der Waals surface area contributed by atoms with Crippen LogP contribution in [-0.2, 0) is 0 Å². The van der Waals surface area contributed by atoms with Gasteiger partial charge in [-0.25, -0.2) is 0 Å². The standard InChI is InChI=1S/C16H13NO3/c1-20-11-6-7-12(15(18)9-11)13-8-10-4-2-3-5-14(10)17-16(13)19/h2-9,18H,1H3,(H,17,19). The summed E-state index contributed by atoms with van der Waals surface area (Å²) in [7, 11) is 1.53.